The SMILES string of the molecule is C=C1CCC2C(C)C(C3(C)COC(=O)c4coc(C=O)c43)=CCC12C. The third-order valence-electron chi connectivity index (χ3n) is 7.05. The highest BCUT2D eigenvalue weighted by molar-refractivity contribution is 5.95. The van der Waals surface area contributed by atoms with Gasteiger partial charge in [-0.1, -0.05) is 37.6 Å². The number of rotatable bonds is 2. The van der Waals surface area contributed by atoms with Crippen LogP contribution in [0.25, 0.3) is 0 Å². The van der Waals surface area contributed by atoms with Crippen LogP contribution in [0.5, 0.6) is 0 Å². The molecule has 1 aromatic heterocycles. The summed E-state index contributed by atoms with van der Waals surface area (Å²) in [4.78, 5) is 23.6. The van der Waals surface area contributed by atoms with Crippen LogP contribution >= 0.6 is 0 Å². The van der Waals surface area contributed by atoms with Crippen molar-refractivity contribution < 1.29 is 18.7 Å². The molecule has 0 spiro atoms. The van der Waals surface area contributed by atoms with Crippen molar-refractivity contribution in [3.8, 4) is 0 Å². The molecule has 4 nitrogen and oxygen atoms in total. The van der Waals surface area contributed by atoms with Crippen LogP contribution < -0.4 is 0 Å². The van der Waals surface area contributed by atoms with Crippen molar-refractivity contribution in [3.05, 3.63) is 47.0 Å². The van der Waals surface area contributed by atoms with Gasteiger partial charge in [0.15, 0.2) is 12.0 Å². The molecule has 4 unspecified atom stereocenters. The molecule has 132 valence electrons. The number of hydrogen-bond acceptors (Lipinski definition) is 4. The fourth-order valence-electron chi connectivity index (χ4n) is 5.51. The molecule has 0 amide bonds. The van der Waals surface area contributed by atoms with Crippen molar-refractivity contribution in [1.82, 2.24) is 0 Å². The topological polar surface area (TPSA) is 56.5 Å². The van der Waals surface area contributed by atoms with E-state index in [0.29, 0.717) is 29.2 Å². The van der Waals surface area contributed by atoms with E-state index in [1.165, 1.54) is 17.4 Å². The number of carbonyl (C=O) groups excluding carboxylic acids is 2. The molecule has 4 heteroatoms. The highest BCUT2D eigenvalue weighted by Crippen LogP contribution is 2.59. The average molecular weight is 340 g/mol. The van der Waals surface area contributed by atoms with Crippen LogP contribution in [0, 0.1) is 17.3 Å². The zero-order valence-electron chi connectivity index (χ0n) is 15.1. The summed E-state index contributed by atoms with van der Waals surface area (Å²) in [5.41, 5.74) is 3.31. The number of esters is 1. The van der Waals surface area contributed by atoms with E-state index in [1.807, 2.05) is 0 Å². The molecule has 2 heterocycles. The normalized spacial score (nSPS) is 37.2. The predicted octanol–water partition coefficient (Wildman–Crippen LogP) is 4.46. The van der Waals surface area contributed by atoms with Crippen LogP contribution in [0.15, 0.2) is 34.5 Å². The van der Waals surface area contributed by atoms with E-state index in [1.54, 1.807) is 0 Å². The summed E-state index contributed by atoms with van der Waals surface area (Å²) in [5, 5.41) is 0. The van der Waals surface area contributed by atoms with Gasteiger partial charge in [0.1, 0.15) is 18.4 Å². The van der Waals surface area contributed by atoms with E-state index in [-0.39, 0.29) is 17.8 Å². The largest absolute Gasteiger partial charge is 0.461 e. The molecule has 4 rings (SSSR count). The first-order valence-corrected chi connectivity index (χ1v) is 8.96. The van der Waals surface area contributed by atoms with Gasteiger partial charge in [-0.25, -0.2) is 4.79 Å². The maximum absolute atomic E-state index is 12.1. The molecule has 0 saturated heterocycles. The number of ether oxygens (including phenoxy) is 1. The molecule has 3 aliphatic rings. The van der Waals surface area contributed by atoms with E-state index < -0.39 is 11.4 Å². The second kappa shape index (κ2) is 5.20. The Kier molecular flexibility index (Phi) is 3.40. The monoisotopic (exact) mass is 340 g/mol. The Hall–Kier alpha value is -2.10. The lowest BCUT2D eigenvalue weighted by molar-refractivity contribution is 0.0367. The summed E-state index contributed by atoms with van der Waals surface area (Å²) in [6, 6.07) is 0. The summed E-state index contributed by atoms with van der Waals surface area (Å²) in [5.74, 6) is 0.699. The maximum atomic E-state index is 12.1. The molecule has 0 bridgehead atoms. The number of aldehydes is 1. The minimum Gasteiger partial charge on any atom is -0.461 e. The fraction of sp³-hybridized carbons (Fsp3) is 0.524. The minimum absolute atomic E-state index is 0.150. The van der Waals surface area contributed by atoms with Crippen LogP contribution in [0.3, 0.4) is 0 Å². The van der Waals surface area contributed by atoms with Crippen molar-refractivity contribution in [2.75, 3.05) is 6.61 Å². The Bertz CT molecular complexity index is 814. The second-order valence-electron chi connectivity index (χ2n) is 8.23. The van der Waals surface area contributed by atoms with Gasteiger partial charge in [0, 0.05) is 5.56 Å². The van der Waals surface area contributed by atoms with Gasteiger partial charge in [-0.15, -0.1) is 0 Å². The zero-order valence-corrected chi connectivity index (χ0v) is 15.1. The lowest BCUT2D eigenvalue weighted by Gasteiger charge is -2.47. The highest BCUT2D eigenvalue weighted by atomic mass is 16.5. The third-order valence-corrected chi connectivity index (χ3v) is 7.05. The molecule has 0 aromatic carbocycles. The molecule has 1 saturated carbocycles. The predicted molar refractivity (Wildman–Crippen MR) is 93.6 cm³/mol. The van der Waals surface area contributed by atoms with Crippen LogP contribution in [-0.4, -0.2) is 18.9 Å². The Labute approximate surface area is 147 Å². The van der Waals surface area contributed by atoms with Gasteiger partial charge in [0.05, 0.1) is 5.41 Å². The molecule has 1 aromatic rings. The van der Waals surface area contributed by atoms with Gasteiger partial charge in [-0.2, -0.15) is 0 Å². The number of allylic oxidation sites excluding steroid dienone is 2. The smallest absolute Gasteiger partial charge is 0.341 e. The first kappa shape index (κ1) is 16.4. The van der Waals surface area contributed by atoms with Gasteiger partial charge in [0.25, 0.3) is 0 Å². The van der Waals surface area contributed by atoms with Crippen LogP contribution in [0.1, 0.15) is 66.5 Å². The molecule has 0 radical (unpaired) electrons. The zero-order chi connectivity index (χ0) is 18.0. The summed E-state index contributed by atoms with van der Waals surface area (Å²) in [7, 11) is 0. The Balaban J connectivity index is 1.84. The van der Waals surface area contributed by atoms with E-state index >= 15 is 0 Å². The summed E-state index contributed by atoms with van der Waals surface area (Å²) >= 11 is 0. The summed E-state index contributed by atoms with van der Waals surface area (Å²) in [6.45, 7) is 11.2. The standard InChI is InChI=1S/C21H24O4/c1-12-5-6-15-13(2)16(7-8-20(12,15)3)21(4)11-25-19(23)14-10-24-17(9-22)18(14)21/h7,9-10,13,15H,1,5-6,8,11H2,2-4H3. The molecule has 0 N–H and O–H groups in total. The number of cyclic esters (lactones) is 1. The van der Waals surface area contributed by atoms with Crippen molar-refractivity contribution in [2.45, 2.75) is 45.4 Å². The van der Waals surface area contributed by atoms with Gasteiger partial charge in [0.2, 0.25) is 0 Å². The second-order valence-corrected chi connectivity index (χ2v) is 8.23. The minimum atomic E-state index is -0.517. The Morgan fingerprint density at radius 2 is 2.12 bits per heavy atom. The Morgan fingerprint density at radius 1 is 1.36 bits per heavy atom. The van der Waals surface area contributed by atoms with Crippen LogP contribution in [0.4, 0.5) is 0 Å². The lowest BCUT2D eigenvalue weighted by Crippen LogP contribution is -2.44. The number of fused-ring (bicyclic) bond motifs is 2. The Morgan fingerprint density at radius 3 is 2.84 bits per heavy atom. The molecular weight excluding hydrogens is 316 g/mol. The summed E-state index contributed by atoms with van der Waals surface area (Å²) in [6.07, 6.45) is 7.52. The first-order valence-electron chi connectivity index (χ1n) is 8.96. The number of hydrogen-bond donors (Lipinski definition) is 0. The molecule has 2 aliphatic carbocycles. The quantitative estimate of drug-likeness (QED) is 0.453. The lowest BCUT2D eigenvalue weighted by atomic mass is 9.58. The molecule has 1 fully saturated rings. The van der Waals surface area contributed by atoms with Gasteiger partial charge in [-0.05, 0) is 43.4 Å². The van der Waals surface area contributed by atoms with E-state index in [9.17, 15) is 9.59 Å². The van der Waals surface area contributed by atoms with Crippen molar-refractivity contribution in [3.63, 3.8) is 0 Å². The van der Waals surface area contributed by atoms with E-state index in [0.717, 1.165) is 19.3 Å². The number of furan rings is 1. The van der Waals surface area contributed by atoms with Crippen molar-refractivity contribution in [1.29, 1.82) is 0 Å². The number of carbonyl (C=O) groups is 2. The van der Waals surface area contributed by atoms with Gasteiger partial charge >= 0.3 is 5.97 Å². The van der Waals surface area contributed by atoms with Gasteiger partial charge in [-0.3, -0.25) is 4.79 Å². The maximum Gasteiger partial charge on any atom is 0.341 e. The highest BCUT2D eigenvalue weighted by Gasteiger charge is 2.52. The van der Waals surface area contributed by atoms with E-state index in [2.05, 4.69) is 33.4 Å². The molecule has 25 heavy (non-hydrogen) atoms. The molecular formula is C21H24O4. The van der Waals surface area contributed by atoms with E-state index in [4.69, 9.17) is 9.15 Å². The average Bonchev–Trinajstić information content (AvgIpc) is 3.15. The van der Waals surface area contributed by atoms with Crippen LogP contribution in [0.2, 0.25) is 0 Å². The fourth-order valence-corrected chi connectivity index (χ4v) is 5.51. The van der Waals surface area contributed by atoms with Crippen molar-refractivity contribution >= 4 is 12.3 Å². The first-order chi connectivity index (χ1) is 11.8. The summed E-state index contributed by atoms with van der Waals surface area (Å²) < 4.78 is 10.8. The third kappa shape index (κ3) is 2.00. The molecule has 4 atom stereocenters. The van der Waals surface area contributed by atoms with Gasteiger partial charge < -0.3 is 9.15 Å². The van der Waals surface area contributed by atoms with Crippen LogP contribution in [-0.2, 0) is 10.2 Å². The molecule has 1 aliphatic heterocycles. The van der Waals surface area contributed by atoms with Crippen molar-refractivity contribution in [2.24, 2.45) is 17.3 Å².